The summed E-state index contributed by atoms with van der Waals surface area (Å²) in [4.78, 5) is 4.36. The Bertz CT molecular complexity index is 562. The van der Waals surface area contributed by atoms with Gasteiger partial charge in [-0.1, -0.05) is 29.4 Å². The Kier molecular flexibility index (Phi) is 4.59. The maximum Gasteiger partial charge on any atom is 0.252 e. The van der Waals surface area contributed by atoms with Crippen molar-refractivity contribution in [3.63, 3.8) is 0 Å². The van der Waals surface area contributed by atoms with E-state index in [2.05, 4.69) is 10.1 Å². The Morgan fingerprint density at radius 1 is 1.19 bits per heavy atom. The molecule has 0 radical (unpaired) electrons. The molecule has 1 fully saturated rings. The molecule has 1 aliphatic heterocycles. The molecule has 1 aromatic heterocycles. The highest BCUT2D eigenvalue weighted by molar-refractivity contribution is 5.54. The zero-order chi connectivity index (χ0) is 14.5. The lowest BCUT2D eigenvalue weighted by Crippen LogP contribution is -2.23. The van der Waals surface area contributed by atoms with Crippen molar-refractivity contribution in [2.75, 3.05) is 13.2 Å². The van der Waals surface area contributed by atoms with E-state index in [9.17, 15) is 0 Å². The predicted molar refractivity (Wildman–Crippen MR) is 76.3 cm³/mol. The van der Waals surface area contributed by atoms with Crippen LogP contribution in [0.15, 0.2) is 28.8 Å². The van der Waals surface area contributed by atoms with Gasteiger partial charge in [0.15, 0.2) is 0 Å². The van der Waals surface area contributed by atoms with Crippen LogP contribution in [0.1, 0.15) is 24.3 Å². The highest BCUT2D eigenvalue weighted by Gasteiger charge is 2.16. The molecule has 3 rings (SSSR count). The summed E-state index contributed by atoms with van der Waals surface area (Å²) in [5, 5.41) is 3.98. The second-order valence-electron chi connectivity index (χ2n) is 5.04. The van der Waals surface area contributed by atoms with Crippen LogP contribution in [0, 0.1) is 0 Å². The molecule has 2 heterocycles. The lowest BCUT2D eigenvalue weighted by molar-refractivity contribution is -0.0455. The number of benzene rings is 1. The van der Waals surface area contributed by atoms with Gasteiger partial charge in [-0.25, -0.2) is 0 Å². The summed E-state index contributed by atoms with van der Waals surface area (Å²) in [5.41, 5.74) is 7.56. The van der Waals surface area contributed by atoms with Crippen LogP contribution < -0.4 is 5.73 Å². The van der Waals surface area contributed by atoms with E-state index in [-0.39, 0.29) is 6.10 Å². The number of ether oxygens (including phenoxy) is 2. The Hall–Kier alpha value is -1.76. The fourth-order valence-corrected chi connectivity index (χ4v) is 2.25. The molecule has 0 saturated carbocycles. The highest BCUT2D eigenvalue weighted by Crippen LogP contribution is 2.18. The molecule has 0 bridgehead atoms. The van der Waals surface area contributed by atoms with Crippen LogP contribution >= 0.6 is 0 Å². The first-order valence-electron chi connectivity index (χ1n) is 7.16. The highest BCUT2D eigenvalue weighted by atomic mass is 16.5. The summed E-state index contributed by atoms with van der Waals surface area (Å²) >= 11 is 0. The van der Waals surface area contributed by atoms with Crippen LogP contribution in [0.2, 0.25) is 0 Å². The quantitative estimate of drug-likeness (QED) is 0.905. The van der Waals surface area contributed by atoms with Crippen molar-refractivity contribution in [3.05, 3.63) is 35.7 Å². The number of hydrogen-bond acceptors (Lipinski definition) is 6. The largest absolute Gasteiger partial charge is 0.381 e. The smallest absolute Gasteiger partial charge is 0.252 e. The summed E-state index contributed by atoms with van der Waals surface area (Å²) in [5.74, 6) is 1.07. The first-order valence-corrected chi connectivity index (χ1v) is 7.16. The molecule has 0 amide bonds. The lowest BCUT2D eigenvalue weighted by Gasteiger charge is -2.21. The van der Waals surface area contributed by atoms with E-state index in [0.29, 0.717) is 24.9 Å². The molecule has 0 aliphatic carbocycles. The minimum absolute atomic E-state index is 0.220. The molecule has 6 nitrogen and oxygen atoms in total. The average Bonchev–Trinajstić information content (AvgIpc) is 3.03. The van der Waals surface area contributed by atoms with E-state index in [1.54, 1.807) is 0 Å². The van der Waals surface area contributed by atoms with Gasteiger partial charge in [-0.15, -0.1) is 0 Å². The van der Waals surface area contributed by atoms with Crippen LogP contribution in [-0.4, -0.2) is 29.5 Å². The van der Waals surface area contributed by atoms with Gasteiger partial charge >= 0.3 is 0 Å². The van der Waals surface area contributed by atoms with Gasteiger partial charge in [-0.05, 0) is 18.4 Å². The Balaban J connectivity index is 1.59. The van der Waals surface area contributed by atoms with Crippen molar-refractivity contribution in [1.29, 1.82) is 0 Å². The van der Waals surface area contributed by atoms with Gasteiger partial charge in [-0.2, -0.15) is 4.98 Å². The van der Waals surface area contributed by atoms with Crippen molar-refractivity contribution in [3.8, 4) is 11.4 Å². The van der Waals surface area contributed by atoms with Crippen LogP contribution in [-0.2, 0) is 22.6 Å². The number of aromatic nitrogens is 2. The van der Waals surface area contributed by atoms with Gasteiger partial charge in [-0.3, -0.25) is 0 Å². The SMILES string of the molecule is NCc1ccc(-c2noc(COC3CCOCC3)n2)cc1. The standard InChI is InChI=1S/C15H19N3O3/c16-9-11-1-3-12(4-2-11)15-17-14(21-18-15)10-20-13-5-7-19-8-6-13/h1-4,13H,5-10,16H2. The van der Waals surface area contributed by atoms with Gasteiger partial charge in [0, 0.05) is 25.3 Å². The molecule has 0 atom stereocenters. The van der Waals surface area contributed by atoms with Crippen LogP contribution in [0.4, 0.5) is 0 Å². The average molecular weight is 289 g/mol. The zero-order valence-electron chi connectivity index (χ0n) is 11.8. The van der Waals surface area contributed by atoms with Crippen molar-refractivity contribution >= 4 is 0 Å². The molecule has 2 aromatic rings. The van der Waals surface area contributed by atoms with E-state index >= 15 is 0 Å². The predicted octanol–water partition coefficient (Wildman–Crippen LogP) is 1.89. The Labute approximate surface area is 123 Å². The maximum absolute atomic E-state index is 5.76. The topological polar surface area (TPSA) is 83.4 Å². The lowest BCUT2D eigenvalue weighted by atomic mass is 10.1. The molecule has 1 saturated heterocycles. The molecular weight excluding hydrogens is 270 g/mol. The van der Waals surface area contributed by atoms with Crippen LogP contribution in [0.25, 0.3) is 11.4 Å². The molecule has 21 heavy (non-hydrogen) atoms. The first kappa shape index (κ1) is 14.2. The third-order valence-electron chi connectivity index (χ3n) is 3.53. The number of rotatable bonds is 5. The normalized spacial score (nSPS) is 16.2. The maximum atomic E-state index is 5.76. The van der Waals surface area contributed by atoms with E-state index in [4.69, 9.17) is 19.7 Å². The molecule has 6 heteroatoms. The third kappa shape index (κ3) is 3.66. The molecule has 1 aromatic carbocycles. The molecule has 1 aliphatic rings. The van der Waals surface area contributed by atoms with Gasteiger partial charge in [0.05, 0.1) is 6.10 Å². The fraction of sp³-hybridized carbons (Fsp3) is 0.467. The van der Waals surface area contributed by atoms with Gasteiger partial charge in [0.1, 0.15) is 6.61 Å². The van der Waals surface area contributed by atoms with Crippen LogP contribution in [0.5, 0.6) is 0 Å². The monoisotopic (exact) mass is 289 g/mol. The summed E-state index contributed by atoms with van der Waals surface area (Å²) < 4.78 is 16.3. The summed E-state index contributed by atoms with van der Waals surface area (Å²) in [6.45, 7) is 2.38. The number of hydrogen-bond donors (Lipinski definition) is 1. The first-order chi connectivity index (χ1) is 10.3. The Morgan fingerprint density at radius 2 is 1.95 bits per heavy atom. The van der Waals surface area contributed by atoms with Gasteiger partial charge in [0.25, 0.3) is 5.89 Å². The van der Waals surface area contributed by atoms with E-state index in [1.165, 1.54) is 0 Å². The summed E-state index contributed by atoms with van der Waals surface area (Å²) in [7, 11) is 0. The van der Waals surface area contributed by atoms with Crippen molar-refractivity contribution < 1.29 is 14.0 Å². The second-order valence-corrected chi connectivity index (χ2v) is 5.04. The number of nitrogens with zero attached hydrogens (tertiary/aromatic N) is 2. The molecule has 2 N–H and O–H groups in total. The zero-order valence-corrected chi connectivity index (χ0v) is 11.8. The molecule has 112 valence electrons. The second kappa shape index (κ2) is 6.80. The fourth-order valence-electron chi connectivity index (χ4n) is 2.25. The molecular formula is C15H19N3O3. The summed E-state index contributed by atoms with van der Waals surface area (Å²) in [6.07, 6.45) is 2.06. The third-order valence-corrected chi connectivity index (χ3v) is 3.53. The minimum Gasteiger partial charge on any atom is -0.381 e. The molecule has 0 unspecified atom stereocenters. The van der Waals surface area contributed by atoms with Crippen molar-refractivity contribution in [2.24, 2.45) is 5.73 Å². The van der Waals surface area contributed by atoms with Gasteiger partial charge in [0.2, 0.25) is 5.82 Å². The summed E-state index contributed by atoms with van der Waals surface area (Å²) in [6, 6.07) is 7.81. The van der Waals surface area contributed by atoms with E-state index in [1.807, 2.05) is 24.3 Å². The van der Waals surface area contributed by atoms with Crippen molar-refractivity contribution in [1.82, 2.24) is 10.1 Å². The van der Waals surface area contributed by atoms with Crippen molar-refractivity contribution in [2.45, 2.75) is 32.1 Å². The Morgan fingerprint density at radius 3 is 2.67 bits per heavy atom. The molecule has 0 spiro atoms. The minimum atomic E-state index is 0.220. The van der Waals surface area contributed by atoms with E-state index in [0.717, 1.165) is 37.2 Å². The van der Waals surface area contributed by atoms with E-state index < -0.39 is 0 Å². The van der Waals surface area contributed by atoms with Gasteiger partial charge < -0.3 is 19.7 Å². The van der Waals surface area contributed by atoms with Crippen LogP contribution in [0.3, 0.4) is 0 Å². The number of nitrogens with two attached hydrogens (primary N) is 1.